The van der Waals surface area contributed by atoms with E-state index in [0.29, 0.717) is 12.1 Å². The highest BCUT2D eigenvalue weighted by Crippen LogP contribution is 2.27. The Bertz CT molecular complexity index is 1020. The average Bonchev–Trinajstić information content (AvgIpc) is 3.36. The molecule has 0 spiro atoms. The van der Waals surface area contributed by atoms with E-state index in [-0.39, 0.29) is 11.9 Å². The van der Waals surface area contributed by atoms with Crippen molar-refractivity contribution in [2.24, 2.45) is 0 Å². The van der Waals surface area contributed by atoms with Crippen molar-refractivity contribution >= 4 is 16.9 Å². The van der Waals surface area contributed by atoms with E-state index >= 15 is 0 Å². The van der Waals surface area contributed by atoms with Crippen LogP contribution >= 0.6 is 0 Å². The molecule has 0 aliphatic carbocycles. The number of furan rings is 1. The minimum absolute atomic E-state index is 0.0337. The molecule has 27 heavy (non-hydrogen) atoms. The van der Waals surface area contributed by atoms with E-state index in [1.54, 1.807) is 18.1 Å². The number of carbonyl (C=O) groups excluding carboxylic acids is 1. The third-order valence-electron chi connectivity index (χ3n) is 4.86. The molecule has 0 aliphatic rings. The van der Waals surface area contributed by atoms with E-state index in [0.717, 1.165) is 22.3 Å². The van der Waals surface area contributed by atoms with Crippen LogP contribution in [-0.4, -0.2) is 27.6 Å². The van der Waals surface area contributed by atoms with Crippen molar-refractivity contribution in [3.8, 4) is 0 Å². The molecule has 5 nitrogen and oxygen atoms in total. The normalized spacial score (nSPS) is 12.2. The molecule has 2 aromatic heterocycles. The lowest BCUT2D eigenvalue weighted by Crippen LogP contribution is -2.29. The van der Waals surface area contributed by atoms with E-state index in [1.807, 2.05) is 78.5 Å². The summed E-state index contributed by atoms with van der Waals surface area (Å²) in [5, 5.41) is 5.25. The lowest BCUT2D eigenvalue weighted by molar-refractivity contribution is 0.0727. The number of carbonyl (C=O) groups is 1. The number of rotatable bonds is 5. The van der Waals surface area contributed by atoms with E-state index in [9.17, 15) is 4.79 Å². The molecule has 2 heterocycles. The summed E-state index contributed by atoms with van der Waals surface area (Å²) in [5.41, 5.74) is 2.59. The summed E-state index contributed by atoms with van der Waals surface area (Å²) < 4.78 is 7.77. The highest BCUT2D eigenvalue weighted by atomic mass is 16.3. The molecule has 0 N–H and O–H groups in total. The van der Waals surface area contributed by atoms with Crippen LogP contribution in [0.4, 0.5) is 0 Å². The Morgan fingerprint density at radius 2 is 1.93 bits per heavy atom. The van der Waals surface area contributed by atoms with Gasteiger partial charge in [0.15, 0.2) is 0 Å². The number of nitrogens with zero attached hydrogens (tertiary/aromatic N) is 3. The predicted octanol–water partition coefficient (Wildman–Crippen LogP) is 4.51. The molecule has 4 aromatic rings. The van der Waals surface area contributed by atoms with Crippen LogP contribution in [0.15, 0.2) is 77.5 Å². The maximum atomic E-state index is 12.9. The third kappa shape index (κ3) is 3.49. The van der Waals surface area contributed by atoms with Crippen LogP contribution in [0.5, 0.6) is 0 Å². The minimum atomic E-state index is -0.159. The van der Waals surface area contributed by atoms with Gasteiger partial charge in [-0.2, -0.15) is 5.10 Å². The first kappa shape index (κ1) is 17.1. The second-order valence-electron chi connectivity index (χ2n) is 6.68. The van der Waals surface area contributed by atoms with Crippen LogP contribution in [0.3, 0.4) is 0 Å². The largest absolute Gasteiger partial charge is 0.459 e. The highest BCUT2D eigenvalue weighted by molar-refractivity contribution is 5.94. The first-order chi connectivity index (χ1) is 13.1. The van der Waals surface area contributed by atoms with Gasteiger partial charge in [-0.05, 0) is 42.8 Å². The molecular formula is C22H21N3O2. The molecule has 5 heteroatoms. The van der Waals surface area contributed by atoms with Crippen molar-refractivity contribution in [1.82, 2.24) is 14.7 Å². The van der Waals surface area contributed by atoms with Gasteiger partial charge in [-0.15, -0.1) is 0 Å². The summed E-state index contributed by atoms with van der Waals surface area (Å²) in [6, 6.07) is 19.3. The van der Waals surface area contributed by atoms with Crippen molar-refractivity contribution in [3.05, 3.63) is 89.9 Å². The van der Waals surface area contributed by atoms with Gasteiger partial charge in [0.05, 0.1) is 12.6 Å². The van der Waals surface area contributed by atoms with E-state index in [2.05, 4.69) is 5.10 Å². The Hall–Kier alpha value is -3.34. The zero-order chi connectivity index (χ0) is 18.8. The number of para-hydroxylation sites is 1. The third-order valence-corrected chi connectivity index (χ3v) is 4.86. The fourth-order valence-electron chi connectivity index (χ4n) is 3.11. The van der Waals surface area contributed by atoms with Crippen LogP contribution in [-0.2, 0) is 6.54 Å². The first-order valence-electron chi connectivity index (χ1n) is 8.94. The summed E-state index contributed by atoms with van der Waals surface area (Å²) in [5.74, 6) is 0.746. The Kier molecular flexibility index (Phi) is 4.50. The van der Waals surface area contributed by atoms with E-state index in [4.69, 9.17) is 4.42 Å². The number of amides is 1. The molecular weight excluding hydrogens is 338 g/mol. The van der Waals surface area contributed by atoms with Crippen molar-refractivity contribution in [1.29, 1.82) is 0 Å². The van der Waals surface area contributed by atoms with Gasteiger partial charge in [-0.25, -0.2) is 0 Å². The second kappa shape index (κ2) is 7.11. The highest BCUT2D eigenvalue weighted by Gasteiger charge is 2.21. The van der Waals surface area contributed by atoms with Gasteiger partial charge in [0.2, 0.25) is 0 Å². The number of hydrogen-bond donors (Lipinski definition) is 0. The quantitative estimate of drug-likeness (QED) is 0.527. The fourth-order valence-corrected chi connectivity index (χ4v) is 3.11. The molecule has 0 fully saturated rings. The summed E-state index contributed by atoms with van der Waals surface area (Å²) in [6.07, 6.45) is 3.67. The van der Waals surface area contributed by atoms with Gasteiger partial charge < -0.3 is 9.32 Å². The molecule has 1 amide bonds. The van der Waals surface area contributed by atoms with Crippen LogP contribution < -0.4 is 0 Å². The Morgan fingerprint density at radius 1 is 1.15 bits per heavy atom. The standard InChI is InChI=1S/C22H21N3O2/c1-16(21-14-19-6-3-4-7-20(19)27-21)24(2)22(26)18-10-8-17(9-11-18)15-25-13-5-12-23-25/h3-14,16H,15H2,1-2H3. The van der Waals surface area contributed by atoms with Gasteiger partial charge in [0, 0.05) is 30.4 Å². The van der Waals surface area contributed by atoms with E-state index in [1.165, 1.54) is 0 Å². The van der Waals surface area contributed by atoms with Gasteiger partial charge in [0.1, 0.15) is 11.3 Å². The second-order valence-corrected chi connectivity index (χ2v) is 6.68. The molecule has 2 aromatic carbocycles. The Labute approximate surface area is 157 Å². The number of hydrogen-bond acceptors (Lipinski definition) is 3. The molecule has 0 saturated heterocycles. The summed E-state index contributed by atoms with van der Waals surface area (Å²) >= 11 is 0. The lowest BCUT2D eigenvalue weighted by atomic mass is 10.1. The first-order valence-corrected chi connectivity index (χ1v) is 8.94. The predicted molar refractivity (Wildman–Crippen MR) is 104 cm³/mol. The number of benzene rings is 2. The summed E-state index contributed by atoms with van der Waals surface area (Å²) in [4.78, 5) is 14.6. The number of aromatic nitrogens is 2. The maximum absolute atomic E-state index is 12.9. The molecule has 0 aliphatic heterocycles. The molecule has 1 unspecified atom stereocenters. The van der Waals surface area contributed by atoms with Gasteiger partial charge in [-0.1, -0.05) is 30.3 Å². The molecule has 0 radical (unpaired) electrons. The van der Waals surface area contributed by atoms with Gasteiger partial charge >= 0.3 is 0 Å². The topological polar surface area (TPSA) is 51.3 Å². The average molecular weight is 359 g/mol. The Morgan fingerprint density at radius 3 is 2.63 bits per heavy atom. The van der Waals surface area contributed by atoms with Gasteiger partial charge in [-0.3, -0.25) is 9.48 Å². The smallest absolute Gasteiger partial charge is 0.254 e. The maximum Gasteiger partial charge on any atom is 0.254 e. The molecule has 0 saturated carbocycles. The van der Waals surface area contributed by atoms with E-state index < -0.39 is 0 Å². The van der Waals surface area contributed by atoms with Crippen LogP contribution in [0.25, 0.3) is 11.0 Å². The van der Waals surface area contributed by atoms with Gasteiger partial charge in [0.25, 0.3) is 5.91 Å². The zero-order valence-electron chi connectivity index (χ0n) is 15.4. The van der Waals surface area contributed by atoms with Crippen LogP contribution in [0.2, 0.25) is 0 Å². The fraction of sp³-hybridized carbons (Fsp3) is 0.182. The molecule has 1 atom stereocenters. The zero-order valence-corrected chi connectivity index (χ0v) is 15.4. The van der Waals surface area contributed by atoms with Crippen molar-refractivity contribution in [2.45, 2.75) is 19.5 Å². The van der Waals surface area contributed by atoms with Crippen molar-refractivity contribution in [2.75, 3.05) is 7.05 Å². The minimum Gasteiger partial charge on any atom is -0.459 e. The molecule has 0 bridgehead atoms. The monoisotopic (exact) mass is 359 g/mol. The summed E-state index contributed by atoms with van der Waals surface area (Å²) in [6.45, 7) is 2.66. The summed E-state index contributed by atoms with van der Waals surface area (Å²) in [7, 11) is 1.80. The van der Waals surface area contributed by atoms with Crippen LogP contribution in [0.1, 0.15) is 34.6 Å². The molecule has 136 valence electrons. The Balaban J connectivity index is 1.49. The number of fused-ring (bicyclic) bond motifs is 1. The van der Waals surface area contributed by atoms with Crippen molar-refractivity contribution < 1.29 is 9.21 Å². The lowest BCUT2D eigenvalue weighted by Gasteiger charge is -2.23. The SMILES string of the molecule is CC(c1cc2ccccc2o1)N(C)C(=O)c1ccc(Cn2cccn2)cc1. The van der Waals surface area contributed by atoms with Crippen LogP contribution in [0, 0.1) is 0 Å². The van der Waals surface area contributed by atoms with Crippen molar-refractivity contribution in [3.63, 3.8) is 0 Å². The molecule has 4 rings (SSSR count).